The molecular formula is C13H18ClNO. The van der Waals surface area contributed by atoms with Crippen LogP contribution in [0, 0.1) is 5.92 Å². The first-order valence-electron chi connectivity index (χ1n) is 5.84. The van der Waals surface area contributed by atoms with Crippen molar-refractivity contribution in [2.45, 2.75) is 31.7 Å². The molecule has 3 rings (SSSR count). The monoisotopic (exact) mass is 239 g/mol. The Labute approximate surface area is 103 Å². The van der Waals surface area contributed by atoms with Crippen molar-refractivity contribution < 1.29 is 4.74 Å². The van der Waals surface area contributed by atoms with Gasteiger partial charge in [-0.2, -0.15) is 0 Å². The second kappa shape index (κ2) is 4.64. The molecule has 2 nitrogen and oxygen atoms in total. The molecule has 0 aromatic heterocycles. The summed E-state index contributed by atoms with van der Waals surface area (Å²) >= 11 is 0. The van der Waals surface area contributed by atoms with Gasteiger partial charge in [0, 0.05) is 12.5 Å². The van der Waals surface area contributed by atoms with Crippen LogP contribution in [0.25, 0.3) is 0 Å². The van der Waals surface area contributed by atoms with Crippen LogP contribution in [0.3, 0.4) is 0 Å². The molecule has 0 bridgehead atoms. The lowest BCUT2D eigenvalue weighted by molar-refractivity contribution is 0.357. The van der Waals surface area contributed by atoms with Gasteiger partial charge in [0.05, 0.1) is 6.61 Å². The molecule has 1 aromatic rings. The number of ether oxygens (including phenoxy) is 1. The van der Waals surface area contributed by atoms with Gasteiger partial charge >= 0.3 is 0 Å². The first kappa shape index (κ1) is 11.7. The highest BCUT2D eigenvalue weighted by Gasteiger charge is 2.25. The predicted molar refractivity (Wildman–Crippen MR) is 67.2 cm³/mol. The minimum atomic E-state index is 0. The van der Waals surface area contributed by atoms with Gasteiger partial charge in [0.15, 0.2) is 0 Å². The molecule has 3 heteroatoms. The van der Waals surface area contributed by atoms with Crippen LogP contribution >= 0.6 is 12.4 Å². The Bertz CT molecular complexity index is 376. The second-order valence-corrected chi connectivity index (χ2v) is 4.75. The van der Waals surface area contributed by atoms with E-state index >= 15 is 0 Å². The zero-order valence-electron chi connectivity index (χ0n) is 9.32. The van der Waals surface area contributed by atoms with E-state index in [9.17, 15) is 0 Å². The first-order chi connectivity index (χ1) is 7.33. The van der Waals surface area contributed by atoms with E-state index in [1.807, 2.05) is 0 Å². The van der Waals surface area contributed by atoms with Crippen LogP contribution in [0.15, 0.2) is 18.2 Å². The van der Waals surface area contributed by atoms with Crippen molar-refractivity contribution >= 4 is 12.4 Å². The number of nitrogens with two attached hydrogens (primary N) is 1. The summed E-state index contributed by atoms with van der Waals surface area (Å²) in [5, 5.41) is 0. The molecule has 1 saturated carbocycles. The van der Waals surface area contributed by atoms with Gasteiger partial charge in [0.1, 0.15) is 5.75 Å². The topological polar surface area (TPSA) is 35.2 Å². The van der Waals surface area contributed by atoms with Gasteiger partial charge in [0.25, 0.3) is 0 Å². The van der Waals surface area contributed by atoms with Crippen molar-refractivity contribution in [2.24, 2.45) is 11.7 Å². The van der Waals surface area contributed by atoms with Crippen LogP contribution < -0.4 is 10.5 Å². The third-order valence-corrected chi connectivity index (χ3v) is 3.43. The summed E-state index contributed by atoms with van der Waals surface area (Å²) in [5.74, 6) is 1.95. The predicted octanol–water partition coefficient (Wildman–Crippen LogP) is 2.84. The normalized spacial score (nSPS) is 19.6. The molecule has 0 saturated heterocycles. The van der Waals surface area contributed by atoms with E-state index in [2.05, 4.69) is 18.2 Å². The summed E-state index contributed by atoms with van der Waals surface area (Å²) in [5.41, 5.74) is 8.80. The van der Waals surface area contributed by atoms with Crippen molar-refractivity contribution in [3.8, 4) is 5.75 Å². The van der Waals surface area contributed by atoms with Gasteiger partial charge < -0.3 is 10.5 Å². The quantitative estimate of drug-likeness (QED) is 0.881. The molecule has 1 heterocycles. The summed E-state index contributed by atoms with van der Waals surface area (Å²) in [6.07, 6.45) is 4.95. The molecule has 1 aromatic carbocycles. The Balaban J connectivity index is 0.000000963. The molecule has 2 aliphatic rings. The molecule has 88 valence electrons. The number of hydrogen-bond acceptors (Lipinski definition) is 2. The Morgan fingerprint density at radius 1 is 1.38 bits per heavy atom. The SMILES string of the molecule is Cl.N[C@H](CC1CC1)c1ccc2c(c1)CCO2. The van der Waals surface area contributed by atoms with Crippen LogP contribution in [-0.2, 0) is 6.42 Å². The molecule has 1 aliphatic carbocycles. The minimum absolute atomic E-state index is 0. The molecule has 16 heavy (non-hydrogen) atoms. The second-order valence-electron chi connectivity index (χ2n) is 4.75. The van der Waals surface area contributed by atoms with E-state index < -0.39 is 0 Å². The minimum Gasteiger partial charge on any atom is -0.493 e. The molecule has 1 aliphatic heterocycles. The summed E-state index contributed by atoms with van der Waals surface area (Å²) < 4.78 is 5.49. The van der Waals surface area contributed by atoms with Crippen LogP contribution in [0.1, 0.15) is 36.4 Å². The lowest BCUT2D eigenvalue weighted by Crippen LogP contribution is -2.11. The fourth-order valence-corrected chi connectivity index (χ4v) is 2.29. The molecular weight excluding hydrogens is 222 g/mol. The Morgan fingerprint density at radius 3 is 2.94 bits per heavy atom. The molecule has 0 radical (unpaired) electrons. The smallest absolute Gasteiger partial charge is 0.122 e. The van der Waals surface area contributed by atoms with E-state index in [1.165, 1.54) is 24.0 Å². The van der Waals surface area contributed by atoms with Crippen molar-refractivity contribution in [2.75, 3.05) is 6.61 Å². The van der Waals surface area contributed by atoms with Gasteiger partial charge in [0.2, 0.25) is 0 Å². The largest absolute Gasteiger partial charge is 0.493 e. The van der Waals surface area contributed by atoms with Crippen molar-refractivity contribution in [1.82, 2.24) is 0 Å². The third-order valence-electron chi connectivity index (χ3n) is 3.43. The molecule has 1 fully saturated rings. The van der Waals surface area contributed by atoms with Crippen molar-refractivity contribution in [3.05, 3.63) is 29.3 Å². The highest BCUT2D eigenvalue weighted by molar-refractivity contribution is 5.85. The molecule has 2 N–H and O–H groups in total. The maximum absolute atomic E-state index is 6.19. The highest BCUT2D eigenvalue weighted by atomic mass is 35.5. The van der Waals surface area contributed by atoms with Crippen LogP contribution in [0.2, 0.25) is 0 Å². The lowest BCUT2D eigenvalue weighted by atomic mass is 9.99. The standard InChI is InChI=1S/C13H17NO.ClH/c14-12(7-9-1-2-9)10-3-4-13-11(8-10)5-6-15-13;/h3-4,8-9,12H,1-2,5-7,14H2;1H/t12-;/m1./s1. The zero-order valence-corrected chi connectivity index (χ0v) is 10.1. The van der Waals surface area contributed by atoms with E-state index in [1.54, 1.807) is 0 Å². The first-order valence-corrected chi connectivity index (χ1v) is 5.84. The van der Waals surface area contributed by atoms with Crippen molar-refractivity contribution in [1.29, 1.82) is 0 Å². The average Bonchev–Trinajstić information content (AvgIpc) is 2.94. The van der Waals surface area contributed by atoms with E-state index in [-0.39, 0.29) is 18.4 Å². The Morgan fingerprint density at radius 2 is 2.19 bits per heavy atom. The molecule has 0 amide bonds. The van der Waals surface area contributed by atoms with E-state index in [0.717, 1.165) is 31.1 Å². The van der Waals surface area contributed by atoms with Gasteiger partial charge in [-0.25, -0.2) is 0 Å². The third kappa shape index (κ3) is 2.33. The fraction of sp³-hybridized carbons (Fsp3) is 0.538. The Kier molecular flexibility index (Phi) is 3.41. The zero-order chi connectivity index (χ0) is 10.3. The summed E-state index contributed by atoms with van der Waals surface area (Å²) in [4.78, 5) is 0. The van der Waals surface area contributed by atoms with Gasteiger partial charge in [-0.1, -0.05) is 25.0 Å². The summed E-state index contributed by atoms with van der Waals surface area (Å²) in [6, 6.07) is 6.65. The number of halogens is 1. The van der Waals surface area contributed by atoms with E-state index in [4.69, 9.17) is 10.5 Å². The number of rotatable bonds is 3. The van der Waals surface area contributed by atoms with E-state index in [0.29, 0.717) is 0 Å². The average molecular weight is 240 g/mol. The van der Waals surface area contributed by atoms with Crippen LogP contribution in [-0.4, -0.2) is 6.61 Å². The summed E-state index contributed by atoms with van der Waals surface area (Å²) in [6.45, 7) is 0.830. The lowest BCUT2D eigenvalue weighted by Gasteiger charge is -2.12. The maximum atomic E-state index is 6.19. The Hall–Kier alpha value is -0.730. The van der Waals surface area contributed by atoms with Crippen molar-refractivity contribution in [3.63, 3.8) is 0 Å². The maximum Gasteiger partial charge on any atom is 0.122 e. The fourth-order valence-electron chi connectivity index (χ4n) is 2.29. The molecule has 0 unspecified atom stereocenters. The summed E-state index contributed by atoms with van der Waals surface area (Å²) in [7, 11) is 0. The molecule has 0 spiro atoms. The number of fused-ring (bicyclic) bond motifs is 1. The number of benzene rings is 1. The van der Waals surface area contributed by atoms with Crippen LogP contribution in [0.5, 0.6) is 5.75 Å². The van der Waals surface area contributed by atoms with Gasteiger partial charge in [-0.05, 0) is 29.5 Å². The molecule has 1 atom stereocenters. The van der Waals surface area contributed by atoms with Gasteiger partial charge in [-0.3, -0.25) is 0 Å². The highest BCUT2D eigenvalue weighted by Crippen LogP contribution is 2.37. The van der Waals surface area contributed by atoms with Gasteiger partial charge in [-0.15, -0.1) is 12.4 Å². The van der Waals surface area contributed by atoms with Crippen LogP contribution in [0.4, 0.5) is 0 Å². The number of hydrogen-bond donors (Lipinski definition) is 1.